The van der Waals surface area contributed by atoms with Gasteiger partial charge in [0.25, 0.3) is 0 Å². The second-order valence-electron chi connectivity index (χ2n) is 6.62. The van der Waals surface area contributed by atoms with E-state index in [4.69, 9.17) is 5.11 Å². The van der Waals surface area contributed by atoms with Crippen LogP contribution in [-0.4, -0.2) is 22.3 Å². The van der Waals surface area contributed by atoms with Gasteiger partial charge in [-0.1, -0.05) is 96.1 Å². The van der Waals surface area contributed by atoms with Crippen molar-refractivity contribution < 1.29 is 15.0 Å². The minimum atomic E-state index is -0.955. The quantitative estimate of drug-likeness (QED) is 0.260. The molecule has 0 aromatic rings. The molecule has 0 rings (SSSR count). The maximum atomic E-state index is 10.4. The highest BCUT2D eigenvalue weighted by Crippen LogP contribution is 2.13. The number of aliphatic hydroxyl groups excluding tert-OH is 1. The van der Waals surface area contributed by atoms with Crippen molar-refractivity contribution >= 4 is 5.97 Å². The topological polar surface area (TPSA) is 57.5 Å². The van der Waals surface area contributed by atoms with Crippen LogP contribution in [0.25, 0.3) is 0 Å². The Kier molecular flexibility index (Phi) is 16.9. The first-order valence-corrected chi connectivity index (χ1v) is 9.73. The first-order valence-electron chi connectivity index (χ1n) is 9.73. The molecule has 3 heteroatoms. The molecule has 0 aromatic carbocycles. The van der Waals surface area contributed by atoms with Crippen LogP contribution in [0.5, 0.6) is 0 Å². The Morgan fingerprint density at radius 1 is 0.826 bits per heavy atom. The van der Waals surface area contributed by atoms with Crippen molar-refractivity contribution in [3.63, 3.8) is 0 Å². The number of rotatable bonds is 17. The predicted molar refractivity (Wildman–Crippen MR) is 97.7 cm³/mol. The number of hydrogen-bond acceptors (Lipinski definition) is 2. The number of carboxylic acids is 1. The molecule has 23 heavy (non-hydrogen) atoms. The van der Waals surface area contributed by atoms with Crippen molar-refractivity contribution in [3.05, 3.63) is 12.2 Å². The molecular formula is C20H38O3. The highest BCUT2D eigenvalue weighted by molar-refractivity contribution is 5.67. The molecule has 0 saturated carbocycles. The van der Waals surface area contributed by atoms with Crippen LogP contribution in [0.4, 0.5) is 0 Å². The second-order valence-corrected chi connectivity index (χ2v) is 6.62. The lowest BCUT2D eigenvalue weighted by atomic mass is 10.0. The van der Waals surface area contributed by atoms with Crippen LogP contribution in [0.2, 0.25) is 0 Å². The molecule has 0 bridgehead atoms. The molecular weight excluding hydrogens is 288 g/mol. The molecule has 2 N–H and O–H groups in total. The third-order valence-corrected chi connectivity index (χ3v) is 4.22. The summed E-state index contributed by atoms with van der Waals surface area (Å²) in [5, 5.41) is 17.9. The molecule has 0 aliphatic carbocycles. The zero-order valence-corrected chi connectivity index (χ0v) is 15.1. The minimum Gasteiger partial charge on any atom is -0.481 e. The van der Waals surface area contributed by atoms with E-state index in [1.807, 2.05) is 6.08 Å². The van der Waals surface area contributed by atoms with Crippen LogP contribution < -0.4 is 0 Å². The van der Waals surface area contributed by atoms with E-state index in [-0.39, 0.29) is 6.42 Å². The molecule has 0 fully saturated rings. The SMILES string of the molecule is CCCCCCCCCCCCCCC/C=C/C(O)CC(=O)O. The van der Waals surface area contributed by atoms with Gasteiger partial charge in [0.15, 0.2) is 0 Å². The third-order valence-electron chi connectivity index (χ3n) is 4.22. The number of aliphatic carboxylic acids is 1. The first-order chi connectivity index (χ1) is 11.2. The smallest absolute Gasteiger partial charge is 0.306 e. The molecule has 0 spiro atoms. The van der Waals surface area contributed by atoms with Crippen LogP contribution in [0.1, 0.15) is 103 Å². The van der Waals surface area contributed by atoms with Gasteiger partial charge in [-0.05, 0) is 12.8 Å². The fourth-order valence-electron chi connectivity index (χ4n) is 2.78. The molecule has 136 valence electrons. The first kappa shape index (κ1) is 22.2. The lowest BCUT2D eigenvalue weighted by molar-refractivity contribution is -0.138. The van der Waals surface area contributed by atoms with Crippen molar-refractivity contribution in [1.29, 1.82) is 0 Å². The van der Waals surface area contributed by atoms with Gasteiger partial charge in [-0.2, -0.15) is 0 Å². The highest BCUT2D eigenvalue weighted by Gasteiger charge is 2.04. The Balaban J connectivity index is 3.16. The summed E-state index contributed by atoms with van der Waals surface area (Å²) in [4.78, 5) is 10.4. The van der Waals surface area contributed by atoms with Gasteiger partial charge in [0, 0.05) is 0 Å². The molecule has 1 atom stereocenters. The lowest BCUT2D eigenvalue weighted by Gasteiger charge is -2.03. The molecule has 0 aromatic heterocycles. The van der Waals surface area contributed by atoms with Gasteiger partial charge in [-0.3, -0.25) is 4.79 Å². The van der Waals surface area contributed by atoms with Gasteiger partial charge in [0.1, 0.15) is 0 Å². The fraction of sp³-hybridized carbons (Fsp3) is 0.850. The lowest BCUT2D eigenvalue weighted by Crippen LogP contribution is -2.09. The summed E-state index contributed by atoms with van der Waals surface area (Å²) in [6, 6.07) is 0. The second kappa shape index (κ2) is 17.5. The van der Waals surface area contributed by atoms with E-state index < -0.39 is 12.1 Å². The Bertz CT molecular complexity index is 287. The summed E-state index contributed by atoms with van der Waals surface area (Å²) < 4.78 is 0. The van der Waals surface area contributed by atoms with Crippen molar-refractivity contribution in [2.24, 2.45) is 0 Å². The van der Waals surface area contributed by atoms with Crippen molar-refractivity contribution in [2.45, 2.75) is 109 Å². The fourth-order valence-corrected chi connectivity index (χ4v) is 2.78. The molecule has 0 aliphatic rings. The normalized spacial score (nSPS) is 12.8. The monoisotopic (exact) mass is 326 g/mol. The van der Waals surface area contributed by atoms with Gasteiger partial charge < -0.3 is 10.2 Å². The summed E-state index contributed by atoms with van der Waals surface area (Å²) in [5.41, 5.74) is 0. The minimum absolute atomic E-state index is 0.199. The molecule has 3 nitrogen and oxygen atoms in total. The Labute approximate surface area is 143 Å². The average molecular weight is 327 g/mol. The summed E-state index contributed by atoms with van der Waals surface area (Å²) in [6.45, 7) is 2.26. The van der Waals surface area contributed by atoms with E-state index in [9.17, 15) is 9.90 Å². The van der Waals surface area contributed by atoms with Gasteiger partial charge in [-0.25, -0.2) is 0 Å². The van der Waals surface area contributed by atoms with Gasteiger partial charge in [0.2, 0.25) is 0 Å². The molecule has 1 unspecified atom stereocenters. The maximum Gasteiger partial charge on any atom is 0.306 e. The Morgan fingerprint density at radius 2 is 1.26 bits per heavy atom. The van der Waals surface area contributed by atoms with Crippen molar-refractivity contribution in [3.8, 4) is 0 Å². The van der Waals surface area contributed by atoms with E-state index in [0.717, 1.165) is 12.8 Å². The van der Waals surface area contributed by atoms with Crippen molar-refractivity contribution in [1.82, 2.24) is 0 Å². The number of aliphatic hydroxyl groups is 1. The third kappa shape index (κ3) is 19.1. The Hall–Kier alpha value is -0.830. The number of carboxylic acid groups (broad SMARTS) is 1. The van der Waals surface area contributed by atoms with Crippen LogP contribution in [0, 0.1) is 0 Å². The van der Waals surface area contributed by atoms with E-state index in [1.165, 1.54) is 77.0 Å². The number of unbranched alkanes of at least 4 members (excludes halogenated alkanes) is 13. The molecule has 0 radical (unpaired) electrons. The molecule has 0 aliphatic heterocycles. The van der Waals surface area contributed by atoms with Gasteiger partial charge in [0.05, 0.1) is 12.5 Å². The molecule has 0 saturated heterocycles. The van der Waals surface area contributed by atoms with E-state index in [2.05, 4.69) is 6.92 Å². The van der Waals surface area contributed by atoms with Crippen LogP contribution in [0.3, 0.4) is 0 Å². The van der Waals surface area contributed by atoms with E-state index in [1.54, 1.807) is 6.08 Å². The van der Waals surface area contributed by atoms with Crippen molar-refractivity contribution in [2.75, 3.05) is 0 Å². The van der Waals surface area contributed by atoms with Gasteiger partial charge in [-0.15, -0.1) is 0 Å². The van der Waals surface area contributed by atoms with E-state index >= 15 is 0 Å². The average Bonchev–Trinajstić information content (AvgIpc) is 2.50. The number of hydrogen-bond donors (Lipinski definition) is 2. The zero-order valence-electron chi connectivity index (χ0n) is 15.1. The van der Waals surface area contributed by atoms with Crippen LogP contribution in [-0.2, 0) is 4.79 Å². The molecule has 0 amide bonds. The highest BCUT2D eigenvalue weighted by atomic mass is 16.4. The van der Waals surface area contributed by atoms with Crippen LogP contribution >= 0.6 is 0 Å². The number of carbonyl (C=O) groups is 1. The number of allylic oxidation sites excluding steroid dienone is 1. The van der Waals surface area contributed by atoms with Crippen LogP contribution in [0.15, 0.2) is 12.2 Å². The standard InChI is InChI=1S/C20H38O3/c1-2-3-4-5-6-7-8-9-10-11-12-13-14-15-16-17-19(21)18-20(22)23/h16-17,19,21H,2-15,18H2,1H3,(H,22,23)/b17-16+. The summed E-state index contributed by atoms with van der Waals surface area (Å²) in [7, 11) is 0. The Morgan fingerprint density at radius 3 is 1.70 bits per heavy atom. The summed E-state index contributed by atoms with van der Waals surface area (Å²) in [6.07, 6.45) is 20.9. The predicted octanol–water partition coefficient (Wildman–Crippen LogP) is 5.86. The largest absolute Gasteiger partial charge is 0.481 e. The van der Waals surface area contributed by atoms with Gasteiger partial charge >= 0.3 is 5.97 Å². The molecule has 0 heterocycles. The zero-order chi connectivity index (χ0) is 17.2. The van der Waals surface area contributed by atoms with E-state index in [0.29, 0.717) is 0 Å². The summed E-state index contributed by atoms with van der Waals surface area (Å²) in [5.74, 6) is -0.955. The maximum absolute atomic E-state index is 10.4. The summed E-state index contributed by atoms with van der Waals surface area (Å²) >= 11 is 0.